The number of carbonyl (C=O) groups is 2. The second-order valence-corrected chi connectivity index (χ2v) is 13.9. The molecular weight excluding hydrogens is 328 g/mol. The van der Waals surface area contributed by atoms with Crippen molar-refractivity contribution >= 4 is 20.4 Å². The van der Waals surface area contributed by atoms with Gasteiger partial charge in [-0.1, -0.05) is 46.8 Å². The average molecular weight is 363 g/mol. The summed E-state index contributed by atoms with van der Waals surface area (Å²) in [6, 6.07) is 0. The van der Waals surface area contributed by atoms with Crippen LogP contribution in [0.1, 0.15) is 54.9 Å². The van der Waals surface area contributed by atoms with Gasteiger partial charge in [-0.3, -0.25) is 9.59 Å². The van der Waals surface area contributed by atoms with Crippen LogP contribution in [0.3, 0.4) is 0 Å². The number of carbonyl (C=O) groups excluding carboxylic acids is 2. The van der Waals surface area contributed by atoms with E-state index in [9.17, 15) is 9.59 Å². The molecule has 0 aromatic carbocycles. The van der Waals surface area contributed by atoms with Gasteiger partial charge in [0.1, 0.15) is 6.29 Å². The summed E-state index contributed by atoms with van der Waals surface area (Å²) in [6.45, 7) is 19.2. The van der Waals surface area contributed by atoms with Crippen LogP contribution in [0.15, 0.2) is 34.9 Å². The Morgan fingerprint density at radius 1 is 1.28 bits per heavy atom. The Morgan fingerprint density at radius 2 is 1.84 bits per heavy atom. The van der Waals surface area contributed by atoms with E-state index in [0.29, 0.717) is 6.42 Å². The summed E-state index contributed by atoms with van der Waals surface area (Å²) in [5.41, 5.74) is 2.41. The van der Waals surface area contributed by atoms with Crippen molar-refractivity contribution in [3.63, 3.8) is 0 Å². The predicted octanol–water partition coefficient (Wildman–Crippen LogP) is 5.39. The number of hydrogen-bond acceptors (Lipinski definition) is 3. The molecule has 1 rings (SSSR count). The standard InChI is InChI=1S/C21H34O3Si/c1-15(12-13-22)10-11-17-16(2)18(23)14-19(21(17,6)7)24-25(8,9)20(3,4)5/h10-13,19H,14H2,1-9H3/b11-10+,15-12+/t19-/m0/s1. The SMILES string of the molecule is CC1=C(/C=C/C(C)=C/C=O)C(C)(C)[C@@H](O[Si](C)(C)C(C)(C)C)CC1=O. The lowest BCUT2D eigenvalue weighted by atomic mass is 9.70. The van der Waals surface area contributed by atoms with Gasteiger partial charge in [-0.15, -0.1) is 0 Å². The molecule has 0 N–H and O–H groups in total. The second kappa shape index (κ2) is 7.54. The third-order valence-corrected chi connectivity index (χ3v) is 10.3. The molecule has 0 fully saturated rings. The van der Waals surface area contributed by atoms with Crippen molar-refractivity contribution in [2.45, 2.75) is 79.1 Å². The molecule has 1 aliphatic rings. The first-order valence-corrected chi connectivity index (χ1v) is 11.9. The minimum atomic E-state index is -1.98. The molecule has 25 heavy (non-hydrogen) atoms. The van der Waals surface area contributed by atoms with Crippen LogP contribution in [0.25, 0.3) is 0 Å². The molecule has 3 nitrogen and oxygen atoms in total. The van der Waals surface area contributed by atoms with Crippen LogP contribution >= 0.6 is 0 Å². The lowest BCUT2D eigenvalue weighted by Gasteiger charge is -2.46. The van der Waals surface area contributed by atoms with Gasteiger partial charge in [0.15, 0.2) is 14.1 Å². The fraction of sp³-hybridized carbons (Fsp3) is 0.619. The number of Topliss-reactive ketones (excluding diaryl/α,β-unsaturated/α-hetero) is 1. The largest absolute Gasteiger partial charge is 0.413 e. The number of aldehydes is 1. The molecule has 1 atom stereocenters. The summed E-state index contributed by atoms with van der Waals surface area (Å²) in [4.78, 5) is 23.2. The van der Waals surface area contributed by atoms with Gasteiger partial charge >= 0.3 is 0 Å². The van der Waals surface area contributed by atoms with Crippen molar-refractivity contribution in [1.29, 1.82) is 0 Å². The fourth-order valence-corrected chi connectivity index (χ4v) is 4.27. The molecule has 0 aromatic rings. The van der Waals surface area contributed by atoms with E-state index in [2.05, 4.69) is 47.7 Å². The maximum Gasteiger partial charge on any atom is 0.192 e. The highest BCUT2D eigenvalue weighted by molar-refractivity contribution is 6.74. The average Bonchev–Trinajstić information content (AvgIpc) is 2.43. The first-order valence-electron chi connectivity index (χ1n) is 8.96. The Balaban J connectivity index is 3.26. The number of ketones is 1. The van der Waals surface area contributed by atoms with Gasteiger partial charge in [0, 0.05) is 11.8 Å². The highest BCUT2D eigenvalue weighted by atomic mass is 28.4. The third-order valence-electron chi connectivity index (χ3n) is 5.78. The molecular formula is C21H34O3Si. The van der Waals surface area contributed by atoms with Gasteiger partial charge in [-0.05, 0) is 54.8 Å². The van der Waals surface area contributed by atoms with E-state index in [0.717, 1.165) is 23.0 Å². The van der Waals surface area contributed by atoms with Gasteiger partial charge in [-0.25, -0.2) is 0 Å². The summed E-state index contributed by atoms with van der Waals surface area (Å²) in [5.74, 6) is 0.153. The van der Waals surface area contributed by atoms with E-state index in [4.69, 9.17) is 4.43 Å². The van der Waals surface area contributed by atoms with Crippen molar-refractivity contribution in [3.8, 4) is 0 Å². The zero-order valence-electron chi connectivity index (χ0n) is 17.3. The Hall–Kier alpha value is -1.26. The van der Waals surface area contributed by atoms with E-state index >= 15 is 0 Å². The van der Waals surface area contributed by atoms with E-state index in [-0.39, 0.29) is 22.3 Å². The summed E-state index contributed by atoms with van der Waals surface area (Å²) in [6.07, 6.45) is 6.49. The van der Waals surface area contributed by atoms with Crippen LogP contribution in [0, 0.1) is 5.41 Å². The summed E-state index contributed by atoms with van der Waals surface area (Å²) >= 11 is 0. The molecule has 0 saturated heterocycles. The smallest absolute Gasteiger partial charge is 0.192 e. The molecule has 0 radical (unpaired) electrons. The van der Waals surface area contributed by atoms with Crippen LogP contribution in [-0.2, 0) is 14.0 Å². The molecule has 0 bridgehead atoms. The van der Waals surface area contributed by atoms with Gasteiger partial charge in [0.25, 0.3) is 0 Å². The van der Waals surface area contributed by atoms with E-state index in [1.165, 1.54) is 6.08 Å². The van der Waals surface area contributed by atoms with Crippen molar-refractivity contribution < 1.29 is 14.0 Å². The molecule has 0 amide bonds. The van der Waals surface area contributed by atoms with Gasteiger partial charge < -0.3 is 4.43 Å². The van der Waals surface area contributed by atoms with Crippen molar-refractivity contribution in [1.82, 2.24) is 0 Å². The minimum Gasteiger partial charge on any atom is -0.413 e. The molecule has 1 aliphatic carbocycles. The lowest BCUT2D eigenvalue weighted by Crippen LogP contribution is -2.50. The molecule has 4 heteroatoms. The van der Waals surface area contributed by atoms with Crippen LogP contribution in [0.5, 0.6) is 0 Å². The first-order chi connectivity index (χ1) is 11.2. The normalized spacial score (nSPS) is 22.7. The maximum atomic E-state index is 12.6. The van der Waals surface area contributed by atoms with Crippen molar-refractivity contribution in [3.05, 3.63) is 34.9 Å². The monoisotopic (exact) mass is 362 g/mol. The summed E-state index contributed by atoms with van der Waals surface area (Å²) < 4.78 is 6.64. The fourth-order valence-electron chi connectivity index (χ4n) is 2.82. The lowest BCUT2D eigenvalue weighted by molar-refractivity contribution is -0.119. The summed E-state index contributed by atoms with van der Waals surface area (Å²) in [5, 5.41) is 0.0988. The molecule has 0 heterocycles. The number of hydrogen-bond donors (Lipinski definition) is 0. The Kier molecular flexibility index (Phi) is 6.57. The van der Waals surface area contributed by atoms with Crippen molar-refractivity contribution in [2.24, 2.45) is 5.41 Å². The Morgan fingerprint density at radius 3 is 2.32 bits per heavy atom. The topological polar surface area (TPSA) is 43.4 Å². The molecule has 140 valence electrons. The highest BCUT2D eigenvalue weighted by Crippen LogP contribution is 2.46. The molecule has 0 aromatic heterocycles. The second-order valence-electron chi connectivity index (χ2n) is 9.13. The van der Waals surface area contributed by atoms with Gasteiger partial charge in [0.05, 0.1) is 6.10 Å². The molecule has 0 aliphatic heterocycles. The van der Waals surface area contributed by atoms with Gasteiger partial charge in [-0.2, -0.15) is 0 Å². The van der Waals surface area contributed by atoms with E-state index in [1.54, 1.807) is 0 Å². The maximum absolute atomic E-state index is 12.6. The van der Waals surface area contributed by atoms with Crippen LogP contribution in [-0.4, -0.2) is 26.5 Å². The minimum absolute atomic E-state index is 0.0988. The predicted molar refractivity (Wildman–Crippen MR) is 107 cm³/mol. The number of rotatable bonds is 5. The summed E-state index contributed by atoms with van der Waals surface area (Å²) in [7, 11) is -1.98. The van der Waals surface area contributed by atoms with Crippen molar-refractivity contribution in [2.75, 3.05) is 0 Å². The quantitative estimate of drug-likeness (QED) is 0.285. The highest BCUT2D eigenvalue weighted by Gasteiger charge is 2.46. The van der Waals surface area contributed by atoms with Crippen LogP contribution in [0.2, 0.25) is 18.1 Å². The first kappa shape index (κ1) is 21.8. The molecule has 0 unspecified atom stereocenters. The van der Waals surface area contributed by atoms with Crippen LogP contribution < -0.4 is 0 Å². The van der Waals surface area contributed by atoms with E-state index < -0.39 is 8.32 Å². The van der Waals surface area contributed by atoms with E-state index in [1.807, 2.05) is 26.0 Å². The zero-order chi connectivity index (χ0) is 19.6. The Bertz CT molecular complexity index is 628. The number of allylic oxidation sites excluding steroid dienone is 5. The molecule has 0 spiro atoms. The van der Waals surface area contributed by atoms with Crippen LogP contribution in [0.4, 0.5) is 0 Å². The van der Waals surface area contributed by atoms with Gasteiger partial charge in [0.2, 0.25) is 0 Å². The Labute approximate surface area is 154 Å². The zero-order valence-corrected chi connectivity index (χ0v) is 18.3. The molecule has 0 saturated carbocycles. The third kappa shape index (κ3) is 4.89.